The van der Waals surface area contributed by atoms with Crippen LogP contribution < -0.4 is 5.32 Å². The quantitative estimate of drug-likeness (QED) is 0.493. The normalized spacial score (nSPS) is 10.6. The van der Waals surface area contributed by atoms with E-state index in [1.165, 1.54) is 16.8 Å². The van der Waals surface area contributed by atoms with Gasteiger partial charge in [0, 0.05) is 5.56 Å². The molecule has 0 atom stereocenters. The summed E-state index contributed by atoms with van der Waals surface area (Å²) in [5, 5.41) is 7.71. The number of carbonyl (C=O) groups is 1. The average molecular weight is 392 g/mol. The summed E-state index contributed by atoms with van der Waals surface area (Å²) in [5.41, 5.74) is 2.34. The zero-order valence-electron chi connectivity index (χ0n) is 14.6. The molecule has 1 N–H and O–H groups in total. The van der Waals surface area contributed by atoms with Crippen LogP contribution in [0.2, 0.25) is 5.02 Å². The molecular weight excluding hydrogens is 377 g/mol. The van der Waals surface area contributed by atoms with Crippen LogP contribution in [0.15, 0.2) is 84.9 Å². The first-order chi connectivity index (χ1) is 13.6. The molecule has 28 heavy (non-hydrogen) atoms. The molecule has 0 unspecified atom stereocenters. The van der Waals surface area contributed by atoms with Crippen LogP contribution in [-0.4, -0.2) is 15.7 Å². The number of hydrogen-bond acceptors (Lipinski definition) is 2. The second-order valence-corrected chi connectivity index (χ2v) is 6.48. The number of nitrogens with one attached hydrogen (secondary N) is 1. The predicted octanol–water partition coefficient (Wildman–Crippen LogP) is 5.58. The molecule has 0 aliphatic heterocycles. The lowest BCUT2D eigenvalue weighted by molar-refractivity contribution is 0.101. The first kappa shape index (κ1) is 17.9. The lowest BCUT2D eigenvalue weighted by atomic mass is 10.1. The van der Waals surface area contributed by atoms with E-state index < -0.39 is 11.7 Å². The van der Waals surface area contributed by atoms with Crippen molar-refractivity contribution in [3.63, 3.8) is 0 Å². The van der Waals surface area contributed by atoms with Crippen molar-refractivity contribution >= 4 is 23.2 Å². The molecule has 0 saturated carbocycles. The van der Waals surface area contributed by atoms with E-state index in [-0.39, 0.29) is 11.4 Å². The Morgan fingerprint density at radius 2 is 1.61 bits per heavy atom. The lowest BCUT2D eigenvalue weighted by Gasteiger charge is -2.08. The monoisotopic (exact) mass is 391 g/mol. The molecule has 0 fully saturated rings. The van der Waals surface area contributed by atoms with E-state index in [4.69, 9.17) is 11.6 Å². The third-order valence-electron chi connectivity index (χ3n) is 4.21. The maximum Gasteiger partial charge on any atom is 0.274 e. The Labute approximate surface area is 166 Å². The Bertz CT molecular complexity index is 1140. The van der Waals surface area contributed by atoms with Crippen molar-refractivity contribution in [2.75, 3.05) is 5.32 Å². The topological polar surface area (TPSA) is 46.9 Å². The second kappa shape index (κ2) is 7.66. The van der Waals surface area contributed by atoms with E-state index >= 15 is 0 Å². The summed E-state index contributed by atoms with van der Waals surface area (Å²) in [4.78, 5) is 12.9. The van der Waals surface area contributed by atoms with Gasteiger partial charge in [0.15, 0.2) is 0 Å². The molecule has 3 aromatic carbocycles. The van der Waals surface area contributed by atoms with Crippen LogP contribution in [0, 0.1) is 5.82 Å². The zero-order chi connectivity index (χ0) is 19.5. The Kier molecular flexibility index (Phi) is 4.91. The third kappa shape index (κ3) is 3.52. The minimum Gasteiger partial charge on any atom is -0.318 e. The van der Waals surface area contributed by atoms with Gasteiger partial charge in [-0.2, -0.15) is 5.10 Å². The van der Waals surface area contributed by atoms with Crippen LogP contribution in [-0.2, 0) is 0 Å². The highest BCUT2D eigenvalue weighted by Gasteiger charge is 2.19. The highest BCUT2D eigenvalue weighted by atomic mass is 35.5. The van der Waals surface area contributed by atoms with Crippen molar-refractivity contribution in [1.82, 2.24) is 9.78 Å². The minimum atomic E-state index is -0.507. The SMILES string of the molecule is O=C(Nc1ccccc1F)c1cc(-c2ccccc2Cl)nn1-c1ccccc1. The van der Waals surface area contributed by atoms with Gasteiger partial charge < -0.3 is 5.32 Å². The highest BCUT2D eigenvalue weighted by Crippen LogP contribution is 2.28. The number of nitrogens with zero attached hydrogens (tertiary/aromatic N) is 2. The molecule has 0 saturated heterocycles. The van der Waals surface area contributed by atoms with Gasteiger partial charge in [-0.05, 0) is 36.4 Å². The van der Waals surface area contributed by atoms with E-state index in [2.05, 4.69) is 10.4 Å². The Morgan fingerprint density at radius 1 is 0.929 bits per heavy atom. The van der Waals surface area contributed by atoms with Gasteiger partial charge >= 0.3 is 0 Å². The second-order valence-electron chi connectivity index (χ2n) is 6.08. The van der Waals surface area contributed by atoms with Crippen LogP contribution >= 0.6 is 11.6 Å². The number of halogens is 2. The maximum atomic E-state index is 14.0. The summed E-state index contributed by atoms with van der Waals surface area (Å²) in [7, 11) is 0. The molecular formula is C22H15ClFN3O. The molecule has 4 nitrogen and oxygen atoms in total. The summed E-state index contributed by atoms with van der Waals surface area (Å²) in [6.07, 6.45) is 0. The smallest absolute Gasteiger partial charge is 0.274 e. The number of benzene rings is 3. The van der Waals surface area contributed by atoms with Gasteiger partial charge in [0.05, 0.1) is 22.1 Å². The standard InChI is InChI=1S/C22H15ClFN3O/c23-17-11-5-4-10-16(17)20-14-21(27(26-20)15-8-2-1-3-9-15)22(28)25-19-13-7-6-12-18(19)24/h1-14H,(H,25,28). The Morgan fingerprint density at radius 3 is 2.36 bits per heavy atom. The number of para-hydroxylation sites is 2. The van der Waals surface area contributed by atoms with Gasteiger partial charge in [-0.3, -0.25) is 4.79 Å². The maximum absolute atomic E-state index is 14.0. The zero-order valence-corrected chi connectivity index (χ0v) is 15.4. The number of hydrogen-bond donors (Lipinski definition) is 1. The van der Waals surface area contributed by atoms with Gasteiger partial charge in [-0.1, -0.05) is 60.1 Å². The van der Waals surface area contributed by atoms with Gasteiger partial charge in [0.2, 0.25) is 0 Å². The fourth-order valence-electron chi connectivity index (χ4n) is 2.86. The van der Waals surface area contributed by atoms with Crippen molar-refractivity contribution in [3.05, 3.63) is 101 Å². The first-order valence-corrected chi connectivity index (χ1v) is 8.97. The molecule has 1 aromatic heterocycles. The molecule has 1 heterocycles. The Balaban J connectivity index is 1.80. The molecule has 0 radical (unpaired) electrons. The van der Waals surface area contributed by atoms with Gasteiger partial charge in [0.25, 0.3) is 5.91 Å². The van der Waals surface area contributed by atoms with Crippen molar-refractivity contribution < 1.29 is 9.18 Å². The summed E-state index contributed by atoms with van der Waals surface area (Å²) in [5.74, 6) is -0.979. The molecule has 0 bridgehead atoms. The van der Waals surface area contributed by atoms with Crippen molar-refractivity contribution in [2.24, 2.45) is 0 Å². The van der Waals surface area contributed by atoms with Crippen molar-refractivity contribution in [3.8, 4) is 16.9 Å². The lowest BCUT2D eigenvalue weighted by Crippen LogP contribution is -2.17. The largest absolute Gasteiger partial charge is 0.318 e. The van der Waals surface area contributed by atoms with Gasteiger partial charge in [0.1, 0.15) is 11.5 Å². The first-order valence-electron chi connectivity index (χ1n) is 8.60. The van der Waals surface area contributed by atoms with E-state index in [0.29, 0.717) is 22.0 Å². The average Bonchev–Trinajstić information content (AvgIpc) is 3.16. The fourth-order valence-corrected chi connectivity index (χ4v) is 3.09. The van der Waals surface area contributed by atoms with Crippen LogP contribution in [0.4, 0.5) is 10.1 Å². The van der Waals surface area contributed by atoms with Crippen LogP contribution in [0.1, 0.15) is 10.5 Å². The molecule has 4 rings (SSSR count). The number of carbonyl (C=O) groups excluding carboxylic acids is 1. The summed E-state index contributed by atoms with van der Waals surface area (Å²) in [6, 6.07) is 24.2. The van der Waals surface area contributed by atoms with Crippen LogP contribution in [0.5, 0.6) is 0 Å². The molecule has 0 aliphatic rings. The van der Waals surface area contributed by atoms with Crippen molar-refractivity contribution in [2.45, 2.75) is 0 Å². The molecule has 0 aliphatic carbocycles. The molecule has 1 amide bonds. The van der Waals surface area contributed by atoms with Gasteiger partial charge in [-0.15, -0.1) is 0 Å². The summed E-state index contributed by atoms with van der Waals surface area (Å²) >= 11 is 6.30. The van der Waals surface area contributed by atoms with Crippen molar-refractivity contribution in [1.29, 1.82) is 0 Å². The van der Waals surface area contributed by atoms with E-state index in [9.17, 15) is 9.18 Å². The van der Waals surface area contributed by atoms with Gasteiger partial charge in [-0.25, -0.2) is 9.07 Å². The third-order valence-corrected chi connectivity index (χ3v) is 4.54. The number of anilines is 1. The van der Waals surface area contributed by atoms with Crippen LogP contribution in [0.25, 0.3) is 16.9 Å². The minimum absolute atomic E-state index is 0.104. The number of amides is 1. The Hall–Kier alpha value is -3.44. The fraction of sp³-hybridized carbons (Fsp3) is 0. The molecule has 6 heteroatoms. The van der Waals surface area contributed by atoms with E-state index in [0.717, 1.165) is 0 Å². The molecule has 0 spiro atoms. The number of aromatic nitrogens is 2. The predicted molar refractivity (Wildman–Crippen MR) is 108 cm³/mol. The summed E-state index contributed by atoms with van der Waals surface area (Å²) < 4.78 is 15.5. The summed E-state index contributed by atoms with van der Waals surface area (Å²) in [6.45, 7) is 0. The molecule has 4 aromatic rings. The van der Waals surface area contributed by atoms with Crippen LogP contribution in [0.3, 0.4) is 0 Å². The highest BCUT2D eigenvalue weighted by molar-refractivity contribution is 6.33. The van der Waals surface area contributed by atoms with E-state index in [1.807, 2.05) is 48.5 Å². The number of rotatable bonds is 4. The van der Waals surface area contributed by atoms with E-state index in [1.54, 1.807) is 24.3 Å². The molecule has 138 valence electrons.